The highest BCUT2D eigenvalue weighted by Crippen LogP contribution is 2.19. The van der Waals surface area contributed by atoms with Gasteiger partial charge in [0, 0.05) is 84.6 Å². The van der Waals surface area contributed by atoms with E-state index in [1.54, 1.807) is 0 Å². The fourth-order valence-corrected chi connectivity index (χ4v) is 12.8. The van der Waals surface area contributed by atoms with Gasteiger partial charge in [0.15, 0.2) is 0 Å². The average Bonchev–Trinajstić information content (AvgIpc) is 3.47. The lowest BCUT2D eigenvalue weighted by atomic mass is 9.99. The van der Waals surface area contributed by atoms with Gasteiger partial charge in [-0.15, -0.1) is 0 Å². The number of piperazine rings is 1. The third-order valence-electron chi connectivity index (χ3n) is 18.5. The van der Waals surface area contributed by atoms with Crippen LogP contribution in [0.5, 0.6) is 0 Å². The summed E-state index contributed by atoms with van der Waals surface area (Å²) in [4.78, 5) is 9.89. The summed E-state index contributed by atoms with van der Waals surface area (Å²) >= 11 is 0. The molecule has 0 spiro atoms. The predicted molar refractivity (Wildman–Crippen MR) is 358 cm³/mol. The molecule has 10 nitrogen and oxygen atoms in total. The SMILES string of the molecule is CCCCCCCCCCCCC(O)CN(CCC(NCCN1CCN(CCN(CC(O)CCCCCCCCCC)CC(O)CCCCCCCCCC)CC1)C(O)CCCCCCCCCC)CC(O)CCCCCCCCCC. The highest BCUT2D eigenvalue weighted by molar-refractivity contribution is 4.82. The Balaban J connectivity index is 2.89. The Kier molecular flexibility index (Phi) is 59.1. The molecule has 6 atom stereocenters. The lowest BCUT2D eigenvalue weighted by molar-refractivity contribution is 0.0477. The molecule has 0 aromatic rings. The monoisotopic (exact) mass is 1160 g/mol. The molecule has 0 aromatic heterocycles. The van der Waals surface area contributed by atoms with E-state index in [2.05, 4.69) is 59.5 Å². The van der Waals surface area contributed by atoms with Gasteiger partial charge in [-0.05, 0) is 45.1 Å². The molecule has 0 bridgehead atoms. The van der Waals surface area contributed by atoms with Gasteiger partial charge >= 0.3 is 0 Å². The van der Waals surface area contributed by atoms with E-state index in [1.165, 1.54) is 238 Å². The minimum atomic E-state index is -0.418. The lowest BCUT2D eigenvalue weighted by Crippen LogP contribution is -2.51. The van der Waals surface area contributed by atoms with Crippen LogP contribution in [-0.4, -0.2) is 167 Å². The first-order valence-electron chi connectivity index (χ1n) is 37.2. The number of nitrogens with one attached hydrogen (secondary N) is 1. The first kappa shape index (κ1) is 79.6. The van der Waals surface area contributed by atoms with Crippen LogP contribution in [0.3, 0.4) is 0 Å². The molecule has 0 aliphatic carbocycles. The largest absolute Gasteiger partial charge is 0.392 e. The standard InChI is InChI=1S/C72H149N5O5/c1-6-11-16-21-26-31-32-36-41-44-49-68(79)64-76(63-67(78)48-43-38-33-27-22-17-12-7-2)55-53-71(72(82)52-47-42-37-30-25-20-15-10-5)73-54-56-74-57-59-75(60-58-74)61-62-77(65-69(80)50-45-39-34-28-23-18-13-8-3)66-70(81)51-46-40-35-29-24-19-14-9-4/h67-73,78-82H,6-66H2,1-5H3. The number of hydrogen-bond donors (Lipinski definition) is 6. The maximum Gasteiger partial charge on any atom is 0.0693 e. The van der Waals surface area contributed by atoms with Crippen LogP contribution >= 0.6 is 0 Å². The molecule has 82 heavy (non-hydrogen) atoms. The zero-order valence-electron chi connectivity index (χ0n) is 56.1. The van der Waals surface area contributed by atoms with Crippen molar-refractivity contribution < 1.29 is 25.5 Å². The summed E-state index contributed by atoms with van der Waals surface area (Å²) in [5, 5.41) is 61.2. The lowest BCUT2D eigenvalue weighted by Gasteiger charge is -2.37. The molecule has 6 N–H and O–H groups in total. The zero-order valence-corrected chi connectivity index (χ0v) is 56.1. The van der Waals surface area contributed by atoms with Crippen LogP contribution in [0.4, 0.5) is 0 Å². The summed E-state index contributed by atoms with van der Waals surface area (Å²) in [6.07, 6.45) is 56.6. The maximum atomic E-state index is 11.9. The molecule has 1 rings (SSSR count). The number of hydrogen-bond acceptors (Lipinski definition) is 10. The van der Waals surface area contributed by atoms with Gasteiger partial charge in [-0.25, -0.2) is 0 Å². The normalized spacial score (nSPS) is 16.0. The molecule has 492 valence electrons. The van der Waals surface area contributed by atoms with Crippen LogP contribution in [-0.2, 0) is 0 Å². The minimum absolute atomic E-state index is 0.0277. The van der Waals surface area contributed by atoms with Crippen molar-refractivity contribution in [2.45, 2.75) is 379 Å². The minimum Gasteiger partial charge on any atom is -0.392 e. The van der Waals surface area contributed by atoms with Crippen LogP contribution in [0.15, 0.2) is 0 Å². The van der Waals surface area contributed by atoms with Crippen molar-refractivity contribution in [2.24, 2.45) is 0 Å². The van der Waals surface area contributed by atoms with Crippen molar-refractivity contribution in [3.63, 3.8) is 0 Å². The second-order valence-electron chi connectivity index (χ2n) is 26.8. The van der Waals surface area contributed by atoms with Crippen molar-refractivity contribution in [1.29, 1.82) is 0 Å². The molecule has 1 fully saturated rings. The Labute approximate surface area is 512 Å². The number of aliphatic hydroxyl groups is 5. The Morgan fingerprint density at radius 3 is 0.829 bits per heavy atom. The average molecular weight is 1170 g/mol. The second kappa shape index (κ2) is 60.9. The first-order valence-corrected chi connectivity index (χ1v) is 37.2. The number of unbranched alkanes of at least 4 members (excludes halogenated alkanes) is 37. The fourth-order valence-electron chi connectivity index (χ4n) is 12.8. The maximum absolute atomic E-state index is 11.9. The fraction of sp³-hybridized carbons (Fsp3) is 1.00. The molecule has 1 aliphatic heterocycles. The van der Waals surface area contributed by atoms with Crippen molar-refractivity contribution >= 4 is 0 Å². The summed E-state index contributed by atoms with van der Waals surface area (Å²) in [5.74, 6) is 0. The molecule has 0 aromatic carbocycles. The third-order valence-corrected chi connectivity index (χ3v) is 18.5. The molecule has 1 heterocycles. The van der Waals surface area contributed by atoms with Crippen LogP contribution in [0.2, 0.25) is 0 Å². The third kappa shape index (κ3) is 51.6. The van der Waals surface area contributed by atoms with Gasteiger partial charge in [0.05, 0.1) is 30.5 Å². The van der Waals surface area contributed by atoms with Crippen LogP contribution in [0, 0.1) is 0 Å². The van der Waals surface area contributed by atoms with Crippen molar-refractivity contribution in [1.82, 2.24) is 24.9 Å². The summed E-state index contributed by atoms with van der Waals surface area (Å²) in [6, 6.07) is -0.0277. The van der Waals surface area contributed by atoms with E-state index in [4.69, 9.17) is 0 Å². The van der Waals surface area contributed by atoms with E-state index in [9.17, 15) is 25.5 Å². The van der Waals surface area contributed by atoms with Crippen LogP contribution < -0.4 is 5.32 Å². The van der Waals surface area contributed by atoms with E-state index in [1.807, 2.05) is 0 Å². The zero-order chi connectivity index (χ0) is 59.6. The van der Waals surface area contributed by atoms with Crippen LogP contribution in [0.1, 0.15) is 343 Å². The van der Waals surface area contributed by atoms with E-state index in [0.717, 1.165) is 130 Å². The van der Waals surface area contributed by atoms with Gasteiger partial charge in [-0.2, -0.15) is 0 Å². The van der Waals surface area contributed by atoms with E-state index in [0.29, 0.717) is 26.2 Å². The number of rotatable bonds is 66. The van der Waals surface area contributed by atoms with E-state index in [-0.39, 0.29) is 18.2 Å². The molecule has 0 saturated carbocycles. The first-order chi connectivity index (χ1) is 40.1. The Morgan fingerprint density at radius 1 is 0.293 bits per heavy atom. The molecule has 1 saturated heterocycles. The number of nitrogens with zero attached hydrogens (tertiary/aromatic N) is 4. The van der Waals surface area contributed by atoms with E-state index < -0.39 is 18.3 Å². The number of aliphatic hydroxyl groups excluding tert-OH is 5. The smallest absolute Gasteiger partial charge is 0.0693 e. The molecule has 0 amide bonds. The molecule has 0 radical (unpaired) electrons. The summed E-state index contributed by atoms with van der Waals surface area (Å²) in [5.41, 5.74) is 0. The van der Waals surface area contributed by atoms with Gasteiger partial charge in [-0.1, -0.05) is 304 Å². The highest BCUT2D eigenvalue weighted by atomic mass is 16.3. The van der Waals surface area contributed by atoms with E-state index >= 15 is 0 Å². The Morgan fingerprint density at radius 2 is 0.537 bits per heavy atom. The Hall–Kier alpha value is -0.400. The second-order valence-corrected chi connectivity index (χ2v) is 26.8. The van der Waals surface area contributed by atoms with Crippen molar-refractivity contribution in [3.05, 3.63) is 0 Å². The van der Waals surface area contributed by atoms with Gasteiger partial charge < -0.3 is 30.8 Å². The summed E-state index contributed by atoms with van der Waals surface area (Å²) in [7, 11) is 0. The predicted octanol–water partition coefficient (Wildman–Crippen LogP) is 16.8. The summed E-state index contributed by atoms with van der Waals surface area (Å²) < 4.78 is 0. The van der Waals surface area contributed by atoms with Crippen LogP contribution in [0.25, 0.3) is 0 Å². The van der Waals surface area contributed by atoms with Crippen molar-refractivity contribution in [2.75, 3.05) is 85.1 Å². The highest BCUT2D eigenvalue weighted by Gasteiger charge is 2.24. The van der Waals surface area contributed by atoms with Gasteiger partial charge in [-0.3, -0.25) is 19.6 Å². The Bertz CT molecular complexity index is 1220. The molecular weight excluding hydrogens is 1010 g/mol. The quantitative estimate of drug-likeness (QED) is 0.0328. The molecular formula is C72H149N5O5. The van der Waals surface area contributed by atoms with Gasteiger partial charge in [0.2, 0.25) is 0 Å². The topological polar surface area (TPSA) is 126 Å². The van der Waals surface area contributed by atoms with Crippen molar-refractivity contribution in [3.8, 4) is 0 Å². The van der Waals surface area contributed by atoms with Gasteiger partial charge in [0.25, 0.3) is 0 Å². The molecule has 6 unspecified atom stereocenters. The molecule has 1 aliphatic rings. The van der Waals surface area contributed by atoms with Gasteiger partial charge in [0.1, 0.15) is 0 Å². The molecule has 10 heteroatoms. The summed E-state index contributed by atoms with van der Waals surface area (Å²) in [6.45, 7) is 22.4.